The number of halogens is 1. The van der Waals surface area contributed by atoms with Crippen molar-refractivity contribution in [3.63, 3.8) is 0 Å². The molecular formula is C12H19IN6O4. The van der Waals surface area contributed by atoms with E-state index in [9.17, 15) is 20.2 Å². The summed E-state index contributed by atoms with van der Waals surface area (Å²) in [6.07, 6.45) is 5.13. The number of nitrogens with zero attached hydrogens (tertiary/aromatic N) is 5. The predicted octanol–water partition coefficient (Wildman–Crippen LogP) is 3.52. The summed E-state index contributed by atoms with van der Waals surface area (Å²) in [5, 5.41) is 20.1. The number of alkyl halides is 1. The molecule has 0 radical (unpaired) electrons. The molecule has 0 aliphatic heterocycles. The van der Waals surface area contributed by atoms with Gasteiger partial charge in [-0.3, -0.25) is 0 Å². The minimum absolute atomic E-state index is 0.0417. The lowest BCUT2D eigenvalue weighted by atomic mass is 10.4. The average molecular weight is 438 g/mol. The van der Waals surface area contributed by atoms with Crippen LogP contribution in [0, 0.1) is 20.2 Å². The minimum Gasteiger partial charge on any atom is -0.358 e. The van der Waals surface area contributed by atoms with E-state index in [1.807, 2.05) is 13.8 Å². The highest BCUT2D eigenvalue weighted by atomic mass is 127. The molecule has 0 unspecified atom stereocenters. The molecule has 128 valence electrons. The number of hydrogen-bond acceptors (Lipinski definition) is 6. The maximum Gasteiger partial charge on any atom is 0.342 e. The fourth-order valence-electron chi connectivity index (χ4n) is 1.19. The second-order valence-electron chi connectivity index (χ2n) is 4.72. The minimum atomic E-state index is -0.535. The van der Waals surface area contributed by atoms with Gasteiger partial charge in [0.15, 0.2) is 12.7 Å². The lowest BCUT2D eigenvalue weighted by molar-refractivity contribution is -0.392. The maximum absolute atomic E-state index is 10.3. The Morgan fingerprint density at radius 1 is 1.13 bits per heavy atom. The van der Waals surface area contributed by atoms with Crippen molar-refractivity contribution in [3.05, 3.63) is 45.3 Å². The molecule has 11 heteroatoms. The Morgan fingerprint density at radius 3 is 1.96 bits per heavy atom. The number of aromatic nitrogens is 4. The van der Waals surface area contributed by atoms with Crippen molar-refractivity contribution in [1.29, 1.82) is 0 Å². The second-order valence-corrected chi connectivity index (χ2v) is 7.21. The number of imidazole rings is 2. The summed E-state index contributed by atoms with van der Waals surface area (Å²) in [6.45, 7) is 8.05. The fraction of sp³-hybridized carbons (Fsp3) is 0.500. The van der Waals surface area contributed by atoms with Gasteiger partial charge in [-0.25, -0.2) is 19.5 Å². The van der Waals surface area contributed by atoms with Crippen molar-refractivity contribution in [3.8, 4) is 0 Å². The van der Waals surface area contributed by atoms with Crippen LogP contribution in [0.4, 0.5) is 11.6 Å². The number of nitro groups is 2. The molecule has 0 saturated carbocycles. The molecule has 2 heterocycles. The Morgan fingerprint density at radius 2 is 1.70 bits per heavy atom. The zero-order valence-electron chi connectivity index (χ0n) is 13.2. The molecule has 2 rings (SSSR count). The van der Waals surface area contributed by atoms with Crippen molar-refractivity contribution >= 4 is 34.2 Å². The summed E-state index contributed by atoms with van der Waals surface area (Å²) in [6, 6.07) is 0.0814. The molecule has 2 aromatic rings. The van der Waals surface area contributed by atoms with Gasteiger partial charge in [-0.2, -0.15) is 0 Å². The lowest BCUT2D eigenvalue weighted by Crippen LogP contribution is -2.03. The molecule has 0 atom stereocenters. The topological polar surface area (TPSA) is 133 Å². The fourth-order valence-corrected chi connectivity index (χ4v) is 1.19. The number of hydrogen-bond donors (Lipinski definition) is 1. The van der Waals surface area contributed by atoms with Gasteiger partial charge in [0.05, 0.1) is 6.04 Å². The van der Waals surface area contributed by atoms with Crippen LogP contribution in [0.2, 0.25) is 0 Å². The Bertz CT molecular complexity index is 594. The standard InChI is InChI=1S/C6H9N3O2.C3H7I.C3H3N3O2/c1-5(2)8-4-7-3-6(8)9(10)11;1-3(2)4;7-6(8)3-1-4-2-5-3/h3-5H,1-2H3;3H,1-2H3;1-2H,(H,4,5). The third-order valence-electron chi connectivity index (χ3n) is 2.07. The summed E-state index contributed by atoms with van der Waals surface area (Å²) >= 11 is 2.34. The van der Waals surface area contributed by atoms with Crippen LogP contribution in [-0.4, -0.2) is 33.3 Å². The number of nitrogens with one attached hydrogen (secondary N) is 1. The summed E-state index contributed by atoms with van der Waals surface area (Å²) in [5.74, 6) is -0.0370. The molecular weight excluding hydrogens is 419 g/mol. The quantitative estimate of drug-likeness (QED) is 0.338. The van der Waals surface area contributed by atoms with Crippen LogP contribution in [0.3, 0.4) is 0 Å². The Hall–Kier alpha value is -2.05. The van der Waals surface area contributed by atoms with Gasteiger partial charge in [0.1, 0.15) is 12.4 Å². The van der Waals surface area contributed by atoms with Crippen LogP contribution >= 0.6 is 22.6 Å². The van der Waals surface area contributed by atoms with Crippen LogP contribution in [0.25, 0.3) is 0 Å². The SMILES string of the molecule is CC(C)I.CC(C)n1cncc1[N+](=O)[O-].O=[N+]([O-])c1cnc[nH]1. The van der Waals surface area contributed by atoms with Gasteiger partial charge >= 0.3 is 11.6 Å². The van der Waals surface area contributed by atoms with E-state index in [1.165, 1.54) is 23.4 Å². The van der Waals surface area contributed by atoms with Crippen LogP contribution in [0.15, 0.2) is 25.0 Å². The van der Waals surface area contributed by atoms with E-state index >= 15 is 0 Å². The van der Waals surface area contributed by atoms with E-state index < -0.39 is 9.85 Å². The molecule has 10 nitrogen and oxygen atoms in total. The Balaban J connectivity index is 0.000000354. The molecule has 1 N–H and O–H groups in total. The third-order valence-corrected chi connectivity index (χ3v) is 2.07. The van der Waals surface area contributed by atoms with Gasteiger partial charge in [0, 0.05) is 3.92 Å². The number of aromatic amines is 1. The highest BCUT2D eigenvalue weighted by Crippen LogP contribution is 2.15. The molecule has 0 amide bonds. The smallest absolute Gasteiger partial charge is 0.342 e. The monoisotopic (exact) mass is 438 g/mol. The molecule has 2 aromatic heterocycles. The summed E-state index contributed by atoms with van der Waals surface area (Å²) in [4.78, 5) is 28.6. The van der Waals surface area contributed by atoms with Gasteiger partial charge in [-0.1, -0.05) is 36.4 Å². The highest BCUT2D eigenvalue weighted by Gasteiger charge is 2.14. The van der Waals surface area contributed by atoms with Crippen molar-refractivity contribution in [1.82, 2.24) is 19.5 Å². The van der Waals surface area contributed by atoms with Crippen molar-refractivity contribution in [2.45, 2.75) is 37.7 Å². The lowest BCUT2D eigenvalue weighted by Gasteiger charge is -2.01. The first-order valence-corrected chi connectivity index (χ1v) is 7.84. The van der Waals surface area contributed by atoms with Crippen LogP contribution in [0.5, 0.6) is 0 Å². The van der Waals surface area contributed by atoms with Crippen LogP contribution in [-0.2, 0) is 0 Å². The highest BCUT2D eigenvalue weighted by molar-refractivity contribution is 14.1. The molecule has 0 aliphatic rings. The second kappa shape index (κ2) is 10.6. The Kier molecular flexibility index (Phi) is 9.69. The van der Waals surface area contributed by atoms with E-state index in [-0.39, 0.29) is 17.7 Å². The maximum atomic E-state index is 10.3. The zero-order chi connectivity index (χ0) is 18.0. The van der Waals surface area contributed by atoms with Gasteiger partial charge in [-0.05, 0) is 23.7 Å². The first-order valence-electron chi connectivity index (χ1n) is 6.59. The van der Waals surface area contributed by atoms with Gasteiger partial charge in [-0.15, -0.1) is 0 Å². The summed E-state index contributed by atoms with van der Waals surface area (Å²) in [7, 11) is 0. The van der Waals surface area contributed by atoms with Crippen LogP contribution in [0.1, 0.15) is 33.7 Å². The third kappa shape index (κ3) is 8.85. The summed E-state index contributed by atoms with van der Waals surface area (Å²) in [5.41, 5.74) is 0. The van der Waals surface area contributed by atoms with Crippen LogP contribution < -0.4 is 0 Å². The number of H-pyrrole nitrogens is 1. The molecule has 0 spiro atoms. The van der Waals surface area contributed by atoms with E-state index in [0.29, 0.717) is 0 Å². The van der Waals surface area contributed by atoms with Crippen molar-refractivity contribution in [2.75, 3.05) is 0 Å². The first kappa shape index (κ1) is 20.9. The largest absolute Gasteiger partial charge is 0.358 e. The normalized spacial score (nSPS) is 9.70. The van der Waals surface area contributed by atoms with E-state index in [4.69, 9.17) is 0 Å². The average Bonchev–Trinajstić information content (AvgIpc) is 3.10. The Labute approximate surface area is 146 Å². The first-order chi connectivity index (χ1) is 10.7. The molecule has 0 bridgehead atoms. The molecule has 0 aliphatic carbocycles. The van der Waals surface area contributed by atoms with Gasteiger partial charge in [0.2, 0.25) is 0 Å². The number of rotatable bonds is 3. The van der Waals surface area contributed by atoms with Gasteiger partial charge < -0.3 is 20.2 Å². The van der Waals surface area contributed by atoms with E-state index in [0.717, 1.165) is 10.1 Å². The van der Waals surface area contributed by atoms with E-state index in [2.05, 4.69) is 51.4 Å². The molecule has 0 fully saturated rings. The summed E-state index contributed by atoms with van der Waals surface area (Å²) < 4.78 is 2.32. The molecule has 0 aromatic carbocycles. The van der Waals surface area contributed by atoms with Crippen molar-refractivity contribution < 1.29 is 9.85 Å². The molecule has 0 saturated heterocycles. The molecule has 23 heavy (non-hydrogen) atoms. The van der Waals surface area contributed by atoms with Crippen molar-refractivity contribution in [2.24, 2.45) is 0 Å². The van der Waals surface area contributed by atoms with E-state index in [1.54, 1.807) is 0 Å². The van der Waals surface area contributed by atoms with Gasteiger partial charge in [0.25, 0.3) is 0 Å². The predicted molar refractivity (Wildman–Crippen MR) is 93.7 cm³/mol. The zero-order valence-corrected chi connectivity index (χ0v) is 15.4.